The van der Waals surface area contributed by atoms with Crippen LogP contribution in [0.1, 0.15) is 11.3 Å². The Morgan fingerprint density at radius 2 is 1.92 bits per heavy atom. The Bertz CT molecular complexity index is 857. The maximum Gasteiger partial charge on any atom is 0.266 e. The van der Waals surface area contributed by atoms with Gasteiger partial charge in [-0.05, 0) is 12.1 Å². The summed E-state index contributed by atoms with van der Waals surface area (Å²) in [4.78, 5) is 7.90. The number of nitrogens with zero attached hydrogens (tertiary/aromatic N) is 3. The van der Waals surface area contributed by atoms with Crippen LogP contribution in [0, 0.1) is 11.3 Å². The normalized spacial score (nSPS) is 15.2. The van der Waals surface area contributed by atoms with Crippen molar-refractivity contribution in [3.63, 3.8) is 0 Å². The Kier molecular flexibility index (Phi) is 4.23. The summed E-state index contributed by atoms with van der Waals surface area (Å²) in [5.74, 6) is 1.44. The van der Waals surface area contributed by atoms with E-state index in [0.29, 0.717) is 23.2 Å². The summed E-state index contributed by atoms with van der Waals surface area (Å²) in [5, 5.41) is 9.37. The number of furan rings is 1. The predicted octanol–water partition coefficient (Wildman–Crippen LogP) is 1.71. The number of piperazine rings is 1. The Morgan fingerprint density at radius 3 is 2.60 bits per heavy atom. The average molecular weight is 335 g/mol. The number of oxazole rings is 1. The van der Waals surface area contributed by atoms with Gasteiger partial charge in [0.05, 0.1) is 32.4 Å². The average Bonchev–Trinajstić information content (AvgIpc) is 3.33. The molecule has 1 aromatic carbocycles. The van der Waals surface area contributed by atoms with E-state index in [1.807, 2.05) is 6.07 Å². The second-order valence-electron chi connectivity index (χ2n) is 6.16. The second-order valence-corrected chi connectivity index (χ2v) is 6.16. The fraction of sp³-hybridized carbons (Fsp3) is 0.263. The third-order valence-corrected chi connectivity index (χ3v) is 4.50. The molecule has 3 aromatic rings. The van der Waals surface area contributed by atoms with Crippen LogP contribution in [0.5, 0.6) is 0 Å². The van der Waals surface area contributed by atoms with Gasteiger partial charge >= 0.3 is 0 Å². The molecule has 0 radical (unpaired) electrons. The minimum atomic E-state index is 0.318. The standard InChI is InChI=1S/C19H18N4O2/c20-13-16-19(25-18(21-16)17-7-4-12-24-17)23-10-8-22(9-11-23)14-15-5-2-1-3-6-15/h1-7,12H,8-11,14H2/p+1. The van der Waals surface area contributed by atoms with Crippen molar-refractivity contribution in [3.05, 3.63) is 60.0 Å². The van der Waals surface area contributed by atoms with Gasteiger partial charge in [0.25, 0.3) is 5.89 Å². The minimum absolute atomic E-state index is 0.318. The van der Waals surface area contributed by atoms with Gasteiger partial charge in [0.15, 0.2) is 5.76 Å². The summed E-state index contributed by atoms with van der Waals surface area (Å²) in [7, 11) is 0. The number of rotatable bonds is 4. The predicted molar refractivity (Wildman–Crippen MR) is 92.0 cm³/mol. The number of benzene rings is 1. The zero-order valence-corrected chi connectivity index (χ0v) is 13.8. The van der Waals surface area contributed by atoms with Crippen LogP contribution in [0.3, 0.4) is 0 Å². The summed E-state index contributed by atoms with van der Waals surface area (Å²) in [6.07, 6.45) is 1.57. The van der Waals surface area contributed by atoms with E-state index >= 15 is 0 Å². The molecule has 6 nitrogen and oxygen atoms in total. The SMILES string of the molecule is N#Cc1nc(-c2ccco2)oc1N1CC[NH+](Cc2ccccc2)CC1. The van der Waals surface area contributed by atoms with E-state index in [4.69, 9.17) is 8.83 Å². The lowest BCUT2D eigenvalue weighted by atomic mass is 10.2. The lowest BCUT2D eigenvalue weighted by Crippen LogP contribution is -3.13. The number of hydrogen-bond acceptors (Lipinski definition) is 5. The monoisotopic (exact) mass is 335 g/mol. The highest BCUT2D eigenvalue weighted by molar-refractivity contribution is 5.55. The molecule has 1 fully saturated rings. The highest BCUT2D eigenvalue weighted by atomic mass is 16.4. The van der Waals surface area contributed by atoms with Crippen LogP contribution in [-0.2, 0) is 6.54 Å². The molecule has 0 bridgehead atoms. The summed E-state index contributed by atoms with van der Waals surface area (Å²) in [6, 6.07) is 16.2. The van der Waals surface area contributed by atoms with Crippen molar-refractivity contribution in [2.45, 2.75) is 6.54 Å². The molecule has 3 heterocycles. The fourth-order valence-electron chi connectivity index (χ4n) is 3.19. The molecule has 2 aromatic heterocycles. The van der Waals surface area contributed by atoms with Gasteiger partial charge in [-0.2, -0.15) is 10.2 Å². The molecule has 1 saturated heterocycles. The zero-order valence-electron chi connectivity index (χ0n) is 13.8. The lowest BCUT2D eigenvalue weighted by molar-refractivity contribution is -0.914. The summed E-state index contributed by atoms with van der Waals surface area (Å²) >= 11 is 0. The van der Waals surface area contributed by atoms with Crippen LogP contribution in [0.2, 0.25) is 0 Å². The lowest BCUT2D eigenvalue weighted by Gasteiger charge is -2.31. The Labute approximate surface area is 145 Å². The third kappa shape index (κ3) is 3.28. The maximum atomic E-state index is 9.37. The highest BCUT2D eigenvalue weighted by Crippen LogP contribution is 2.28. The van der Waals surface area contributed by atoms with Gasteiger partial charge in [0.2, 0.25) is 11.6 Å². The number of nitriles is 1. The molecule has 0 amide bonds. The maximum absolute atomic E-state index is 9.37. The molecule has 126 valence electrons. The van der Waals surface area contributed by atoms with Crippen molar-refractivity contribution in [2.24, 2.45) is 0 Å². The smallest absolute Gasteiger partial charge is 0.266 e. The molecular formula is C19H19N4O2+. The Balaban J connectivity index is 1.45. The molecule has 1 aliphatic heterocycles. The quantitative estimate of drug-likeness (QED) is 0.786. The third-order valence-electron chi connectivity index (χ3n) is 4.50. The van der Waals surface area contributed by atoms with E-state index < -0.39 is 0 Å². The van der Waals surface area contributed by atoms with Crippen molar-refractivity contribution in [1.82, 2.24) is 4.98 Å². The molecular weight excluding hydrogens is 316 g/mol. The largest absolute Gasteiger partial charge is 0.459 e. The molecule has 6 heteroatoms. The van der Waals surface area contributed by atoms with Crippen molar-refractivity contribution >= 4 is 5.88 Å². The molecule has 4 rings (SSSR count). The minimum Gasteiger partial charge on any atom is -0.459 e. The molecule has 0 aliphatic carbocycles. The Hall–Kier alpha value is -3.04. The number of aromatic nitrogens is 1. The van der Waals surface area contributed by atoms with Gasteiger partial charge in [0.1, 0.15) is 12.6 Å². The topological polar surface area (TPSA) is 70.6 Å². The van der Waals surface area contributed by atoms with Crippen LogP contribution in [0.15, 0.2) is 57.6 Å². The van der Waals surface area contributed by atoms with E-state index in [1.54, 1.807) is 18.4 Å². The first-order valence-electron chi connectivity index (χ1n) is 8.41. The molecule has 0 spiro atoms. The first-order chi connectivity index (χ1) is 12.3. The van der Waals surface area contributed by atoms with Gasteiger partial charge in [0, 0.05) is 5.56 Å². The zero-order chi connectivity index (χ0) is 17.1. The van der Waals surface area contributed by atoms with Gasteiger partial charge in [-0.3, -0.25) is 0 Å². The number of nitrogens with one attached hydrogen (secondary N) is 1. The summed E-state index contributed by atoms with van der Waals surface area (Å²) < 4.78 is 11.1. The van der Waals surface area contributed by atoms with Crippen molar-refractivity contribution in [3.8, 4) is 17.7 Å². The summed E-state index contributed by atoms with van der Waals surface area (Å²) in [6.45, 7) is 4.69. The Morgan fingerprint density at radius 1 is 1.12 bits per heavy atom. The molecule has 0 atom stereocenters. The number of quaternary nitrogens is 1. The van der Waals surface area contributed by atoms with E-state index in [9.17, 15) is 5.26 Å². The summed E-state index contributed by atoms with van der Waals surface area (Å²) in [5.41, 5.74) is 1.67. The first kappa shape index (κ1) is 15.5. The van der Waals surface area contributed by atoms with Crippen molar-refractivity contribution in [1.29, 1.82) is 5.26 Å². The molecule has 25 heavy (non-hydrogen) atoms. The van der Waals surface area contributed by atoms with E-state index in [0.717, 1.165) is 32.7 Å². The van der Waals surface area contributed by atoms with Gasteiger partial charge in [-0.25, -0.2) is 0 Å². The van der Waals surface area contributed by atoms with E-state index in [1.165, 1.54) is 10.5 Å². The molecule has 1 N–H and O–H groups in total. The van der Waals surface area contributed by atoms with Gasteiger partial charge in [-0.1, -0.05) is 30.3 Å². The molecule has 0 saturated carbocycles. The van der Waals surface area contributed by atoms with Crippen LogP contribution >= 0.6 is 0 Å². The second kappa shape index (κ2) is 6.83. The van der Waals surface area contributed by atoms with Crippen LogP contribution in [0.25, 0.3) is 11.7 Å². The van der Waals surface area contributed by atoms with Crippen molar-refractivity contribution in [2.75, 3.05) is 31.1 Å². The van der Waals surface area contributed by atoms with Crippen LogP contribution in [0.4, 0.5) is 5.88 Å². The van der Waals surface area contributed by atoms with Crippen molar-refractivity contribution < 1.29 is 13.7 Å². The van der Waals surface area contributed by atoms with E-state index in [2.05, 4.69) is 40.2 Å². The molecule has 0 unspecified atom stereocenters. The fourth-order valence-corrected chi connectivity index (χ4v) is 3.19. The van der Waals surface area contributed by atoms with Gasteiger partial charge in [-0.15, -0.1) is 0 Å². The molecule has 1 aliphatic rings. The first-order valence-corrected chi connectivity index (χ1v) is 8.41. The number of hydrogen-bond donors (Lipinski definition) is 1. The van der Waals surface area contributed by atoms with Gasteiger partial charge < -0.3 is 18.6 Å². The number of anilines is 1. The van der Waals surface area contributed by atoms with Crippen LogP contribution < -0.4 is 9.80 Å². The van der Waals surface area contributed by atoms with E-state index in [-0.39, 0.29) is 0 Å². The highest BCUT2D eigenvalue weighted by Gasteiger charge is 2.27. The van der Waals surface area contributed by atoms with Crippen LogP contribution in [-0.4, -0.2) is 31.2 Å².